The van der Waals surface area contributed by atoms with Gasteiger partial charge in [0, 0.05) is 50.7 Å². The molecule has 1 aliphatic heterocycles. The molecule has 1 fully saturated rings. The molecule has 0 N–H and O–H groups in total. The number of amides is 2. The van der Waals surface area contributed by atoms with Crippen LogP contribution in [0.1, 0.15) is 41.5 Å². The zero-order valence-corrected chi connectivity index (χ0v) is 17.7. The molecule has 0 aromatic carbocycles. The second kappa shape index (κ2) is 8.04. The lowest BCUT2D eigenvalue weighted by molar-refractivity contribution is -0.150. The van der Waals surface area contributed by atoms with Crippen LogP contribution in [0.5, 0.6) is 0 Å². The second-order valence-corrected chi connectivity index (χ2v) is 9.36. The highest BCUT2D eigenvalue weighted by Crippen LogP contribution is 2.21. The van der Waals surface area contributed by atoms with Gasteiger partial charge >= 0.3 is 0 Å². The van der Waals surface area contributed by atoms with Crippen molar-refractivity contribution >= 4 is 11.8 Å². The minimum atomic E-state index is -0.504. The molecule has 6 heteroatoms. The number of hydrogen-bond acceptors (Lipinski definition) is 4. The molecule has 0 aromatic heterocycles. The summed E-state index contributed by atoms with van der Waals surface area (Å²) in [6.07, 6.45) is 0. The van der Waals surface area contributed by atoms with Crippen LogP contribution in [0.25, 0.3) is 0 Å². The van der Waals surface area contributed by atoms with Crippen molar-refractivity contribution in [3.63, 3.8) is 0 Å². The smallest absolute Gasteiger partial charge is 0.246 e. The van der Waals surface area contributed by atoms with Gasteiger partial charge in [0.25, 0.3) is 0 Å². The molecule has 6 nitrogen and oxygen atoms in total. The van der Waals surface area contributed by atoms with Gasteiger partial charge in [-0.2, -0.15) is 0 Å². The van der Waals surface area contributed by atoms with Gasteiger partial charge in [0.15, 0.2) is 0 Å². The molecule has 1 atom stereocenters. The Morgan fingerprint density at radius 3 is 1.84 bits per heavy atom. The van der Waals surface area contributed by atoms with Gasteiger partial charge in [-0.15, -0.1) is 0 Å². The van der Waals surface area contributed by atoms with Crippen LogP contribution in [0.2, 0.25) is 0 Å². The van der Waals surface area contributed by atoms with E-state index in [9.17, 15) is 9.59 Å². The van der Waals surface area contributed by atoms with E-state index >= 15 is 0 Å². The standard InChI is InChI=1S/C19H38N4O2/c1-18(2,3)17(25)22(9)15(14-21(8)19(4,5)6)16(24)23-12-10-20(7)11-13-23/h15H,10-14H2,1-9H3. The summed E-state index contributed by atoms with van der Waals surface area (Å²) in [6.45, 7) is 15.8. The summed E-state index contributed by atoms with van der Waals surface area (Å²) in [5, 5.41) is 0. The second-order valence-electron chi connectivity index (χ2n) is 9.36. The molecule has 146 valence electrons. The van der Waals surface area contributed by atoms with Crippen LogP contribution < -0.4 is 0 Å². The molecule has 1 saturated heterocycles. The highest BCUT2D eigenvalue weighted by molar-refractivity contribution is 5.89. The fourth-order valence-electron chi connectivity index (χ4n) is 2.81. The topological polar surface area (TPSA) is 47.1 Å². The van der Waals surface area contributed by atoms with E-state index in [0.29, 0.717) is 6.54 Å². The predicted octanol–water partition coefficient (Wildman–Crippen LogP) is 1.36. The third kappa shape index (κ3) is 5.96. The monoisotopic (exact) mass is 354 g/mol. The molecule has 2 amide bonds. The van der Waals surface area contributed by atoms with Gasteiger partial charge < -0.3 is 14.7 Å². The maximum atomic E-state index is 13.2. The first-order chi connectivity index (χ1) is 11.2. The Labute approximate surface area is 154 Å². The molecule has 25 heavy (non-hydrogen) atoms. The molecule has 0 saturated carbocycles. The highest BCUT2D eigenvalue weighted by Gasteiger charge is 2.37. The maximum absolute atomic E-state index is 13.2. The van der Waals surface area contributed by atoms with Gasteiger partial charge in [-0.3, -0.25) is 14.5 Å². The van der Waals surface area contributed by atoms with Crippen LogP contribution in [0.3, 0.4) is 0 Å². The van der Waals surface area contributed by atoms with Gasteiger partial charge in [0.1, 0.15) is 6.04 Å². The Bertz CT molecular complexity index is 471. The van der Waals surface area contributed by atoms with Crippen molar-refractivity contribution in [2.45, 2.75) is 53.1 Å². The zero-order chi connectivity index (χ0) is 19.6. The van der Waals surface area contributed by atoms with Crippen molar-refractivity contribution in [2.24, 2.45) is 5.41 Å². The number of carbonyl (C=O) groups is 2. The molecular weight excluding hydrogens is 316 g/mol. The largest absolute Gasteiger partial charge is 0.338 e. The van der Waals surface area contributed by atoms with E-state index in [4.69, 9.17) is 0 Å². The number of nitrogens with zero attached hydrogens (tertiary/aromatic N) is 4. The first kappa shape index (κ1) is 21.9. The summed E-state index contributed by atoms with van der Waals surface area (Å²) in [6, 6.07) is -0.459. The lowest BCUT2D eigenvalue weighted by Crippen LogP contribution is -2.60. The van der Waals surface area contributed by atoms with E-state index in [-0.39, 0.29) is 17.4 Å². The van der Waals surface area contributed by atoms with Gasteiger partial charge in [-0.05, 0) is 34.9 Å². The van der Waals surface area contributed by atoms with Gasteiger partial charge in [0.05, 0.1) is 0 Å². The quantitative estimate of drug-likeness (QED) is 0.765. The molecule has 1 heterocycles. The lowest BCUT2D eigenvalue weighted by Gasteiger charge is -2.42. The van der Waals surface area contributed by atoms with Crippen molar-refractivity contribution in [2.75, 3.05) is 53.9 Å². The Balaban J connectivity index is 3.01. The summed E-state index contributed by atoms with van der Waals surface area (Å²) >= 11 is 0. The van der Waals surface area contributed by atoms with Crippen LogP contribution in [0.4, 0.5) is 0 Å². The summed E-state index contributed by atoms with van der Waals surface area (Å²) in [5.74, 6) is 0.0617. The van der Waals surface area contributed by atoms with Crippen molar-refractivity contribution in [1.29, 1.82) is 0 Å². The molecule has 0 spiro atoms. The predicted molar refractivity (Wildman–Crippen MR) is 102 cm³/mol. The van der Waals surface area contributed by atoms with Gasteiger partial charge in [0.2, 0.25) is 11.8 Å². The summed E-state index contributed by atoms with van der Waals surface area (Å²) < 4.78 is 0. The van der Waals surface area contributed by atoms with E-state index in [2.05, 4.69) is 37.6 Å². The van der Waals surface area contributed by atoms with Gasteiger partial charge in [-0.25, -0.2) is 0 Å². The highest BCUT2D eigenvalue weighted by atomic mass is 16.2. The number of rotatable bonds is 4. The minimum absolute atomic E-state index is 0.00212. The lowest BCUT2D eigenvalue weighted by atomic mass is 9.93. The molecule has 0 aromatic rings. The van der Waals surface area contributed by atoms with Crippen molar-refractivity contribution in [3.8, 4) is 0 Å². The number of likely N-dealkylation sites (N-methyl/N-ethyl adjacent to an activating group) is 3. The van der Waals surface area contributed by atoms with Crippen LogP contribution in [-0.4, -0.2) is 96.9 Å². The zero-order valence-electron chi connectivity index (χ0n) is 17.7. The van der Waals surface area contributed by atoms with Crippen molar-refractivity contribution < 1.29 is 9.59 Å². The first-order valence-electron chi connectivity index (χ1n) is 9.21. The Morgan fingerprint density at radius 2 is 1.44 bits per heavy atom. The van der Waals surface area contributed by atoms with E-state index < -0.39 is 11.5 Å². The van der Waals surface area contributed by atoms with Crippen LogP contribution in [0, 0.1) is 5.41 Å². The molecular formula is C19H38N4O2. The molecule has 1 unspecified atom stereocenters. The van der Waals surface area contributed by atoms with Gasteiger partial charge in [-0.1, -0.05) is 20.8 Å². The number of hydrogen-bond donors (Lipinski definition) is 0. The number of carbonyl (C=O) groups excluding carboxylic acids is 2. The van der Waals surface area contributed by atoms with Crippen LogP contribution in [0.15, 0.2) is 0 Å². The average molecular weight is 355 g/mol. The fraction of sp³-hybridized carbons (Fsp3) is 0.895. The molecule has 1 rings (SSSR count). The van der Waals surface area contributed by atoms with E-state index in [1.165, 1.54) is 0 Å². The Hall–Kier alpha value is -1.14. The Morgan fingerprint density at radius 1 is 0.960 bits per heavy atom. The summed E-state index contributed by atoms with van der Waals surface area (Å²) in [5.41, 5.74) is -0.567. The molecule has 0 radical (unpaired) electrons. The van der Waals surface area contributed by atoms with E-state index in [1.54, 1.807) is 11.9 Å². The van der Waals surface area contributed by atoms with Crippen molar-refractivity contribution in [3.05, 3.63) is 0 Å². The third-order valence-electron chi connectivity index (χ3n) is 5.12. The molecule has 1 aliphatic rings. The first-order valence-corrected chi connectivity index (χ1v) is 9.21. The van der Waals surface area contributed by atoms with Crippen LogP contribution >= 0.6 is 0 Å². The normalized spacial score (nSPS) is 18.4. The minimum Gasteiger partial charge on any atom is -0.338 e. The van der Waals surface area contributed by atoms with E-state index in [1.807, 2.05) is 32.7 Å². The number of piperazine rings is 1. The average Bonchev–Trinajstić information content (AvgIpc) is 2.49. The summed E-state index contributed by atoms with van der Waals surface area (Å²) in [4.78, 5) is 34.0. The molecule has 0 bridgehead atoms. The SMILES string of the molecule is CN1CCN(C(=O)C(CN(C)C(C)(C)C)N(C)C(=O)C(C)(C)C)CC1. The van der Waals surface area contributed by atoms with E-state index in [0.717, 1.165) is 26.2 Å². The van der Waals surface area contributed by atoms with Crippen molar-refractivity contribution in [1.82, 2.24) is 19.6 Å². The third-order valence-corrected chi connectivity index (χ3v) is 5.12. The fourth-order valence-corrected chi connectivity index (χ4v) is 2.81. The summed E-state index contributed by atoms with van der Waals surface area (Å²) in [7, 11) is 5.85. The molecule has 0 aliphatic carbocycles. The van der Waals surface area contributed by atoms with Crippen LogP contribution in [-0.2, 0) is 9.59 Å². The Kier molecular flexibility index (Phi) is 7.04. The maximum Gasteiger partial charge on any atom is 0.246 e.